The normalized spacial score (nSPS) is 11.0. The first-order chi connectivity index (χ1) is 12.7. The lowest BCUT2D eigenvalue weighted by Gasteiger charge is -2.11. The number of fused-ring (bicyclic) bond motifs is 1. The van der Waals surface area contributed by atoms with Gasteiger partial charge in [-0.25, -0.2) is 4.98 Å². The molecule has 0 aliphatic carbocycles. The number of carbonyl (C=O) groups is 1. The van der Waals surface area contributed by atoms with E-state index in [-0.39, 0.29) is 12.5 Å². The molecule has 0 saturated heterocycles. The minimum atomic E-state index is -0.0172. The molecule has 0 fully saturated rings. The average Bonchev–Trinajstić information content (AvgIpc) is 3.29. The van der Waals surface area contributed by atoms with E-state index in [1.807, 2.05) is 58.5 Å². The number of carbonyl (C=O) groups excluding carboxylic acids is 1. The lowest BCUT2D eigenvalue weighted by Crippen LogP contribution is -2.27. The van der Waals surface area contributed by atoms with Gasteiger partial charge in [0.15, 0.2) is 0 Å². The second-order valence-corrected chi connectivity index (χ2v) is 7.21. The van der Waals surface area contributed by atoms with Gasteiger partial charge in [-0.15, -0.1) is 11.3 Å². The van der Waals surface area contributed by atoms with Crippen molar-refractivity contribution in [1.82, 2.24) is 14.9 Å². The van der Waals surface area contributed by atoms with E-state index in [2.05, 4.69) is 24.4 Å². The Bertz CT molecular complexity index is 1050. The Labute approximate surface area is 156 Å². The van der Waals surface area contributed by atoms with Gasteiger partial charge in [0.1, 0.15) is 12.4 Å². The maximum atomic E-state index is 12.6. The van der Waals surface area contributed by atoms with Crippen molar-refractivity contribution in [1.29, 1.82) is 0 Å². The van der Waals surface area contributed by atoms with Gasteiger partial charge in [0, 0.05) is 10.4 Å². The maximum Gasteiger partial charge on any atom is 0.240 e. The van der Waals surface area contributed by atoms with Gasteiger partial charge in [0.2, 0.25) is 5.91 Å². The Morgan fingerprint density at radius 3 is 2.69 bits per heavy atom. The molecule has 2 aromatic carbocycles. The number of aromatic nitrogens is 2. The molecule has 130 valence electrons. The third-order valence-corrected chi connectivity index (χ3v) is 5.26. The quantitative estimate of drug-likeness (QED) is 0.573. The first kappa shape index (κ1) is 16.5. The van der Waals surface area contributed by atoms with Gasteiger partial charge < -0.3 is 9.88 Å². The maximum absolute atomic E-state index is 12.6. The van der Waals surface area contributed by atoms with E-state index in [0.29, 0.717) is 6.54 Å². The number of thiophene rings is 1. The highest BCUT2D eigenvalue weighted by atomic mass is 32.1. The number of hydrogen-bond donors (Lipinski definition) is 1. The fraction of sp³-hybridized carbons (Fsp3) is 0.143. The lowest BCUT2D eigenvalue weighted by molar-refractivity contribution is -0.121. The van der Waals surface area contributed by atoms with Gasteiger partial charge >= 0.3 is 0 Å². The number of imidazole rings is 1. The summed E-state index contributed by atoms with van der Waals surface area (Å²) in [6, 6.07) is 20.1. The molecule has 1 amide bonds. The molecule has 1 N–H and O–H groups in total. The Kier molecular flexibility index (Phi) is 4.54. The van der Waals surface area contributed by atoms with Crippen LogP contribution in [0.25, 0.3) is 22.4 Å². The van der Waals surface area contributed by atoms with Gasteiger partial charge in [-0.05, 0) is 36.1 Å². The zero-order valence-corrected chi connectivity index (χ0v) is 15.3. The van der Waals surface area contributed by atoms with Crippen molar-refractivity contribution in [2.45, 2.75) is 20.0 Å². The van der Waals surface area contributed by atoms with Crippen LogP contribution >= 0.6 is 11.3 Å². The highest BCUT2D eigenvalue weighted by Crippen LogP contribution is 2.27. The molecule has 0 unspecified atom stereocenters. The van der Waals surface area contributed by atoms with Crippen molar-refractivity contribution >= 4 is 28.3 Å². The summed E-state index contributed by atoms with van der Waals surface area (Å²) in [6.45, 7) is 2.87. The number of hydrogen-bond acceptors (Lipinski definition) is 3. The molecule has 4 aromatic rings. The Morgan fingerprint density at radius 1 is 1.08 bits per heavy atom. The van der Waals surface area contributed by atoms with Crippen LogP contribution in [-0.4, -0.2) is 15.5 Å². The van der Waals surface area contributed by atoms with Gasteiger partial charge in [0.05, 0.1) is 17.6 Å². The number of benzene rings is 2. The molecular formula is C21H19N3OS. The molecule has 5 heteroatoms. The van der Waals surface area contributed by atoms with E-state index < -0.39 is 0 Å². The molecule has 0 spiro atoms. The van der Waals surface area contributed by atoms with Gasteiger partial charge in [-0.1, -0.05) is 42.5 Å². The molecular weight excluding hydrogens is 342 g/mol. The Balaban J connectivity index is 1.68. The van der Waals surface area contributed by atoms with Crippen molar-refractivity contribution in [2.24, 2.45) is 0 Å². The van der Waals surface area contributed by atoms with Gasteiger partial charge in [0.25, 0.3) is 0 Å². The Morgan fingerprint density at radius 2 is 1.88 bits per heavy atom. The first-order valence-electron chi connectivity index (χ1n) is 8.53. The number of aryl methyl sites for hydroxylation is 1. The molecule has 4 nitrogen and oxygen atoms in total. The molecule has 0 saturated carbocycles. The fourth-order valence-electron chi connectivity index (χ4n) is 3.06. The molecule has 26 heavy (non-hydrogen) atoms. The molecule has 4 rings (SSSR count). The standard InChI is InChI=1S/C21H19N3OS/c1-15-7-2-3-9-17(15)21-23-18-10-4-5-11-19(18)24(21)14-20(25)22-13-16-8-6-12-26-16/h2-12H,13-14H2,1H3,(H,22,25). The van der Waals surface area contributed by atoms with Crippen molar-refractivity contribution in [3.8, 4) is 11.4 Å². The molecule has 0 atom stereocenters. The SMILES string of the molecule is Cc1ccccc1-c1nc2ccccc2n1CC(=O)NCc1cccs1. The molecule has 2 heterocycles. The van der Waals surface area contributed by atoms with E-state index in [1.165, 1.54) is 0 Å². The summed E-state index contributed by atoms with van der Waals surface area (Å²) in [6.07, 6.45) is 0. The third-order valence-electron chi connectivity index (χ3n) is 4.38. The lowest BCUT2D eigenvalue weighted by atomic mass is 10.1. The monoisotopic (exact) mass is 361 g/mol. The summed E-state index contributed by atoms with van der Waals surface area (Å²) in [5.41, 5.74) is 4.06. The molecule has 0 aliphatic rings. The van der Waals surface area contributed by atoms with Crippen LogP contribution in [-0.2, 0) is 17.9 Å². The van der Waals surface area contributed by atoms with Crippen LogP contribution in [0.1, 0.15) is 10.4 Å². The second kappa shape index (κ2) is 7.14. The summed E-state index contributed by atoms with van der Waals surface area (Å²) < 4.78 is 2.00. The predicted octanol–water partition coefficient (Wildman–Crippen LogP) is 4.39. The molecule has 0 bridgehead atoms. The Hall–Kier alpha value is -2.92. The largest absolute Gasteiger partial charge is 0.350 e. The molecule has 0 radical (unpaired) electrons. The van der Waals surface area contributed by atoms with Crippen molar-refractivity contribution < 1.29 is 4.79 Å². The molecule has 0 aliphatic heterocycles. The highest BCUT2D eigenvalue weighted by molar-refractivity contribution is 7.09. The van der Waals surface area contributed by atoms with Gasteiger partial charge in [-0.3, -0.25) is 4.79 Å². The first-order valence-corrected chi connectivity index (χ1v) is 9.40. The fourth-order valence-corrected chi connectivity index (χ4v) is 3.71. The van der Waals surface area contributed by atoms with Crippen molar-refractivity contribution in [3.63, 3.8) is 0 Å². The smallest absolute Gasteiger partial charge is 0.240 e. The predicted molar refractivity (Wildman–Crippen MR) is 106 cm³/mol. The minimum absolute atomic E-state index is 0.0172. The highest BCUT2D eigenvalue weighted by Gasteiger charge is 2.16. The number of nitrogens with zero attached hydrogens (tertiary/aromatic N) is 2. The zero-order chi connectivity index (χ0) is 17.9. The molecule has 2 aromatic heterocycles. The summed E-state index contributed by atoms with van der Waals surface area (Å²) in [7, 11) is 0. The topological polar surface area (TPSA) is 46.9 Å². The van der Waals surface area contributed by atoms with Crippen molar-refractivity contribution in [2.75, 3.05) is 0 Å². The average molecular weight is 361 g/mol. The van der Waals surface area contributed by atoms with E-state index in [4.69, 9.17) is 4.98 Å². The summed E-state index contributed by atoms with van der Waals surface area (Å²) >= 11 is 1.64. The second-order valence-electron chi connectivity index (χ2n) is 6.18. The van der Waals surface area contributed by atoms with Crippen LogP contribution in [0, 0.1) is 6.92 Å². The number of para-hydroxylation sites is 2. The van der Waals surface area contributed by atoms with Crippen LogP contribution in [0.3, 0.4) is 0 Å². The summed E-state index contributed by atoms with van der Waals surface area (Å²) in [5, 5.41) is 5.02. The van der Waals surface area contributed by atoms with E-state index in [0.717, 1.165) is 32.9 Å². The van der Waals surface area contributed by atoms with E-state index in [1.54, 1.807) is 11.3 Å². The van der Waals surface area contributed by atoms with E-state index in [9.17, 15) is 4.79 Å². The van der Waals surface area contributed by atoms with Gasteiger partial charge in [-0.2, -0.15) is 0 Å². The van der Waals surface area contributed by atoms with Crippen LogP contribution < -0.4 is 5.32 Å². The minimum Gasteiger partial charge on any atom is -0.350 e. The van der Waals surface area contributed by atoms with Crippen molar-refractivity contribution in [3.05, 3.63) is 76.5 Å². The van der Waals surface area contributed by atoms with Crippen LogP contribution in [0.4, 0.5) is 0 Å². The summed E-state index contributed by atoms with van der Waals surface area (Å²) in [5.74, 6) is 0.812. The third kappa shape index (κ3) is 3.26. The van der Waals surface area contributed by atoms with E-state index >= 15 is 0 Å². The summed E-state index contributed by atoms with van der Waals surface area (Å²) in [4.78, 5) is 18.5. The number of rotatable bonds is 5. The number of amides is 1. The zero-order valence-electron chi connectivity index (χ0n) is 14.5. The van der Waals surface area contributed by atoms with Crippen LogP contribution in [0.15, 0.2) is 66.0 Å². The van der Waals surface area contributed by atoms with Crippen LogP contribution in [0.5, 0.6) is 0 Å². The number of nitrogens with one attached hydrogen (secondary N) is 1. The van der Waals surface area contributed by atoms with Crippen LogP contribution in [0.2, 0.25) is 0 Å².